The van der Waals surface area contributed by atoms with Gasteiger partial charge in [0.15, 0.2) is 0 Å². The van der Waals surface area contributed by atoms with Gasteiger partial charge < -0.3 is 5.32 Å². The summed E-state index contributed by atoms with van der Waals surface area (Å²) < 4.78 is 0. The van der Waals surface area contributed by atoms with E-state index in [9.17, 15) is 0 Å². The van der Waals surface area contributed by atoms with Crippen LogP contribution in [0.2, 0.25) is 10.0 Å². The highest BCUT2D eigenvalue weighted by atomic mass is 35.5. The first-order chi connectivity index (χ1) is 9.70. The second-order valence-electron chi connectivity index (χ2n) is 4.70. The van der Waals surface area contributed by atoms with Crippen molar-refractivity contribution < 1.29 is 0 Å². The first kappa shape index (κ1) is 15.3. The molecule has 0 spiro atoms. The summed E-state index contributed by atoms with van der Waals surface area (Å²) in [4.78, 5) is 4.44. The minimum Gasteiger partial charge on any atom is -0.308 e. The van der Waals surface area contributed by atoms with Gasteiger partial charge in [0, 0.05) is 16.2 Å². The minimum absolute atomic E-state index is 0.145. The van der Waals surface area contributed by atoms with Crippen LogP contribution in [-0.4, -0.2) is 11.5 Å². The Bertz CT molecular complexity index is 543. The Morgan fingerprint density at radius 1 is 1.20 bits per heavy atom. The van der Waals surface area contributed by atoms with Crippen LogP contribution in [0.25, 0.3) is 0 Å². The van der Waals surface area contributed by atoms with E-state index < -0.39 is 0 Å². The third kappa shape index (κ3) is 4.20. The van der Waals surface area contributed by atoms with Crippen LogP contribution in [0, 0.1) is 0 Å². The zero-order chi connectivity index (χ0) is 14.4. The molecule has 0 radical (unpaired) electrons. The lowest BCUT2D eigenvalue weighted by atomic mass is 10.0. The second kappa shape index (κ2) is 7.63. The molecule has 20 heavy (non-hydrogen) atoms. The minimum atomic E-state index is 0.145. The molecule has 0 aliphatic carbocycles. The Hall–Kier alpha value is -1.09. The van der Waals surface area contributed by atoms with Gasteiger partial charge in [0.25, 0.3) is 0 Å². The Morgan fingerprint density at radius 3 is 2.75 bits per heavy atom. The van der Waals surface area contributed by atoms with Gasteiger partial charge in [0.2, 0.25) is 0 Å². The van der Waals surface area contributed by atoms with Crippen molar-refractivity contribution in [1.29, 1.82) is 0 Å². The van der Waals surface area contributed by atoms with Gasteiger partial charge in [0.1, 0.15) is 0 Å². The monoisotopic (exact) mass is 308 g/mol. The standard InChI is InChI=1S/C16H18Cl2N2/c1-2-8-19-16(15-5-3-4-9-20-15)11-12-10-13(17)6-7-14(12)18/h3-7,9-10,16,19H,2,8,11H2,1H3. The third-order valence-electron chi connectivity index (χ3n) is 3.12. The van der Waals surface area contributed by atoms with E-state index in [4.69, 9.17) is 23.2 Å². The molecule has 0 fully saturated rings. The summed E-state index contributed by atoms with van der Waals surface area (Å²) in [6, 6.07) is 11.7. The maximum absolute atomic E-state index is 6.25. The lowest BCUT2D eigenvalue weighted by Crippen LogP contribution is -2.25. The summed E-state index contributed by atoms with van der Waals surface area (Å²) in [5.41, 5.74) is 2.07. The SMILES string of the molecule is CCCNC(Cc1cc(Cl)ccc1Cl)c1ccccn1. The molecule has 1 unspecified atom stereocenters. The van der Waals surface area contributed by atoms with E-state index in [-0.39, 0.29) is 6.04 Å². The highest BCUT2D eigenvalue weighted by Gasteiger charge is 2.14. The summed E-state index contributed by atoms with van der Waals surface area (Å²) in [6.07, 6.45) is 3.67. The second-order valence-corrected chi connectivity index (χ2v) is 5.54. The molecule has 0 aliphatic heterocycles. The summed E-state index contributed by atoms with van der Waals surface area (Å²) in [7, 11) is 0. The number of hydrogen-bond acceptors (Lipinski definition) is 2. The molecule has 4 heteroatoms. The average molecular weight is 309 g/mol. The Kier molecular flexibility index (Phi) is 5.84. The number of rotatable bonds is 6. The van der Waals surface area contributed by atoms with Crippen LogP contribution >= 0.6 is 23.2 Å². The molecule has 2 aromatic rings. The molecule has 1 aromatic heterocycles. The number of nitrogens with one attached hydrogen (secondary N) is 1. The van der Waals surface area contributed by atoms with Crippen LogP contribution < -0.4 is 5.32 Å². The lowest BCUT2D eigenvalue weighted by molar-refractivity contribution is 0.518. The largest absolute Gasteiger partial charge is 0.308 e. The molecule has 0 bridgehead atoms. The highest BCUT2D eigenvalue weighted by Crippen LogP contribution is 2.25. The van der Waals surface area contributed by atoms with Crippen LogP contribution in [0.4, 0.5) is 0 Å². The Labute approximate surface area is 130 Å². The third-order valence-corrected chi connectivity index (χ3v) is 3.72. The summed E-state index contributed by atoms with van der Waals surface area (Å²) in [5.74, 6) is 0. The topological polar surface area (TPSA) is 24.9 Å². The maximum Gasteiger partial charge on any atom is 0.0576 e. The van der Waals surface area contributed by atoms with E-state index in [1.165, 1.54) is 0 Å². The number of nitrogens with zero attached hydrogens (tertiary/aromatic N) is 1. The van der Waals surface area contributed by atoms with Crippen molar-refractivity contribution in [3.8, 4) is 0 Å². The zero-order valence-corrected chi connectivity index (χ0v) is 13.0. The number of pyridine rings is 1. The molecule has 0 saturated heterocycles. The van der Waals surface area contributed by atoms with Crippen molar-refractivity contribution in [3.05, 3.63) is 63.9 Å². The van der Waals surface area contributed by atoms with E-state index in [1.54, 1.807) is 0 Å². The molecule has 0 aliphatic rings. The molecule has 2 rings (SSSR count). The molecular formula is C16H18Cl2N2. The lowest BCUT2D eigenvalue weighted by Gasteiger charge is -2.19. The summed E-state index contributed by atoms with van der Waals surface area (Å²) in [5, 5.41) is 4.97. The number of halogens is 2. The van der Waals surface area contributed by atoms with Crippen LogP contribution in [-0.2, 0) is 6.42 Å². The van der Waals surface area contributed by atoms with Crippen molar-refractivity contribution in [2.75, 3.05) is 6.54 Å². The molecule has 0 amide bonds. The highest BCUT2D eigenvalue weighted by molar-refractivity contribution is 6.33. The van der Waals surface area contributed by atoms with Gasteiger partial charge in [-0.2, -0.15) is 0 Å². The van der Waals surface area contributed by atoms with Gasteiger partial charge in [-0.15, -0.1) is 0 Å². The van der Waals surface area contributed by atoms with Crippen LogP contribution in [0.1, 0.15) is 30.6 Å². The summed E-state index contributed by atoms with van der Waals surface area (Å²) in [6.45, 7) is 3.09. The quantitative estimate of drug-likeness (QED) is 0.838. The molecule has 0 saturated carbocycles. The fraction of sp³-hybridized carbons (Fsp3) is 0.312. The van der Waals surface area contributed by atoms with E-state index in [0.717, 1.165) is 35.7 Å². The Balaban J connectivity index is 2.21. The van der Waals surface area contributed by atoms with Crippen molar-refractivity contribution in [1.82, 2.24) is 10.3 Å². The van der Waals surface area contributed by atoms with E-state index >= 15 is 0 Å². The van der Waals surface area contributed by atoms with Gasteiger partial charge in [0.05, 0.1) is 11.7 Å². The predicted octanol–water partition coefficient (Wildman–Crippen LogP) is 4.67. The van der Waals surface area contributed by atoms with Gasteiger partial charge in [-0.1, -0.05) is 36.2 Å². The molecule has 1 aromatic carbocycles. The predicted molar refractivity (Wildman–Crippen MR) is 85.4 cm³/mol. The van der Waals surface area contributed by atoms with Gasteiger partial charge in [-0.05, 0) is 55.3 Å². The van der Waals surface area contributed by atoms with E-state index in [2.05, 4.69) is 17.2 Å². The summed E-state index contributed by atoms with van der Waals surface area (Å²) >= 11 is 12.3. The van der Waals surface area contributed by atoms with Gasteiger partial charge in [-0.25, -0.2) is 0 Å². The van der Waals surface area contributed by atoms with Crippen LogP contribution in [0.3, 0.4) is 0 Å². The fourth-order valence-electron chi connectivity index (χ4n) is 2.10. The van der Waals surface area contributed by atoms with Crippen molar-refractivity contribution in [3.63, 3.8) is 0 Å². The van der Waals surface area contributed by atoms with Crippen LogP contribution in [0.15, 0.2) is 42.6 Å². The number of aromatic nitrogens is 1. The molecule has 1 heterocycles. The average Bonchev–Trinajstić information content (AvgIpc) is 2.48. The zero-order valence-electron chi connectivity index (χ0n) is 11.4. The van der Waals surface area contributed by atoms with Crippen molar-refractivity contribution in [2.24, 2.45) is 0 Å². The van der Waals surface area contributed by atoms with Crippen molar-refractivity contribution in [2.45, 2.75) is 25.8 Å². The van der Waals surface area contributed by atoms with Crippen molar-refractivity contribution >= 4 is 23.2 Å². The first-order valence-corrected chi connectivity index (χ1v) is 7.54. The van der Waals surface area contributed by atoms with Gasteiger partial charge in [-0.3, -0.25) is 4.98 Å². The number of benzene rings is 1. The van der Waals surface area contributed by atoms with Crippen LogP contribution in [0.5, 0.6) is 0 Å². The van der Waals surface area contributed by atoms with E-state index in [0.29, 0.717) is 5.02 Å². The molecule has 2 nitrogen and oxygen atoms in total. The first-order valence-electron chi connectivity index (χ1n) is 6.79. The molecule has 1 atom stereocenters. The molecule has 106 valence electrons. The maximum atomic E-state index is 6.25. The van der Waals surface area contributed by atoms with E-state index in [1.807, 2.05) is 42.6 Å². The molecular weight excluding hydrogens is 291 g/mol. The smallest absolute Gasteiger partial charge is 0.0576 e. The van der Waals surface area contributed by atoms with Gasteiger partial charge >= 0.3 is 0 Å². The Morgan fingerprint density at radius 2 is 2.05 bits per heavy atom. The molecule has 1 N–H and O–H groups in total. The normalized spacial score (nSPS) is 12.3. The fourth-order valence-corrected chi connectivity index (χ4v) is 2.49. The number of hydrogen-bond donors (Lipinski definition) is 1.